The standard InChI is InChI=1S/C14H12O2.Li.H/c15-14(11-12-7-3-1-4-8-12)16-13-9-5-2-6-10-13;;/h1-10H,11H2;;/q;+1;-1. The Morgan fingerprint density at radius 1 is 0.941 bits per heavy atom. The molecule has 0 aliphatic heterocycles. The second kappa shape index (κ2) is 6.96. The molecule has 0 amide bonds. The zero-order valence-corrected chi connectivity index (χ0v) is 9.80. The summed E-state index contributed by atoms with van der Waals surface area (Å²) in [5.41, 5.74) is 0.962. The molecule has 0 N–H and O–H groups in total. The van der Waals surface area contributed by atoms with Crippen molar-refractivity contribution in [2.24, 2.45) is 0 Å². The van der Waals surface area contributed by atoms with Crippen molar-refractivity contribution < 1.29 is 29.8 Å². The van der Waals surface area contributed by atoms with Crippen LogP contribution in [-0.2, 0) is 11.2 Å². The molecule has 2 nitrogen and oxygen atoms in total. The first-order valence-corrected chi connectivity index (χ1v) is 5.14. The predicted octanol–water partition coefficient (Wildman–Crippen LogP) is -0.0488. The van der Waals surface area contributed by atoms with Crippen molar-refractivity contribution in [3.05, 3.63) is 66.2 Å². The molecule has 82 valence electrons. The minimum atomic E-state index is -0.239. The third-order valence-corrected chi connectivity index (χ3v) is 2.17. The summed E-state index contributed by atoms with van der Waals surface area (Å²) in [4.78, 5) is 11.6. The molecule has 2 aromatic rings. The quantitative estimate of drug-likeness (QED) is 0.412. The third kappa shape index (κ3) is 4.48. The van der Waals surface area contributed by atoms with E-state index in [1.54, 1.807) is 12.1 Å². The molecule has 0 aliphatic carbocycles. The van der Waals surface area contributed by atoms with Crippen LogP contribution in [0.25, 0.3) is 0 Å². The van der Waals surface area contributed by atoms with Gasteiger partial charge in [-0.05, 0) is 17.7 Å². The SMILES string of the molecule is O=C(Cc1ccccc1)Oc1ccccc1.[H-].[Li+]. The maximum absolute atomic E-state index is 11.6. The van der Waals surface area contributed by atoms with Crippen molar-refractivity contribution in [1.29, 1.82) is 0 Å². The molecule has 0 unspecified atom stereocenters. The molecular weight excluding hydrogens is 207 g/mol. The van der Waals surface area contributed by atoms with E-state index in [-0.39, 0.29) is 26.3 Å². The summed E-state index contributed by atoms with van der Waals surface area (Å²) >= 11 is 0. The first kappa shape index (κ1) is 13.6. The van der Waals surface area contributed by atoms with Gasteiger partial charge in [0.05, 0.1) is 6.42 Å². The van der Waals surface area contributed by atoms with Crippen LogP contribution in [0.2, 0.25) is 0 Å². The number of rotatable bonds is 3. The molecule has 0 saturated carbocycles. The molecule has 0 atom stereocenters. The molecule has 0 radical (unpaired) electrons. The van der Waals surface area contributed by atoms with Gasteiger partial charge in [-0.1, -0.05) is 48.5 Å². The van der Waals surface area contributed by atoms with Crippen molar-refractivity contribution in [3.63, 3.8) is 0 Å². The average Bonchev–Trinajstić information content (AvgIpc) is 2.31. The van der Waals surface area contributed by atoms with E-state index in [9.17, 15) is 4.79 Å². The zero-order chi connectivity index (χ0) is 11.2. The zero-order valence-electron chi connectivity index (χ0n) is 10.8. The first-order chi connectivity index (χ1) is 7.84. The Morgan fingerprint density at radius 3 is 2.06 bits per heavy atom. The Hall–Kier alpha value is -1.49. The summed E-state index contributed by atoms with van der Waals surface area (Å²) in [7, 11) is 0. The Morgan fingerprint density at radius 2 is 1.47 bits per heavy atom. The van der Waals surface area contributed by atoms with Gasteiger partial charge >= 0.3 is 24.8 Å². The van der Waals surface area contributed by atoms with Gasteiger partial charge in [0.15, 0.2) is 0 Å². The average molecular weight is 220 g/mol. The van der Waals surface area contributed by atoms with Gasteiger partial charge in [-0.3, -0.25) is 4.79 Å². The maximum Gasteiger partial charge on any atom is 1.00 e. The summed E-state index contributed by atoms with van der Waals surface area (Å²) in [6.07, 6.45) is 0.301. The molecule has 0 aliphatic rings. The fraction of sp³-hybridized carbons (Fsp3) is 0.0714. The number of carbonyl (C=O) groups excluding carboxylic acids is 1. The second-order valence-corrected chi connectivity index (χ2v) is 3.45. The van der Waals surface area contributed by atoms with Crippen LogP contribution in [0.3, 0.4) is 0 Å². The maximum atomic E-state index is 11.6. The van der Waals surface area contributed by atoms with E-state index in [0.717, 1.165) is 5.56 Å². The van der Waals surface area contributed by atoms with Gasteiger partial charge in [0.1, 0.15) is 5.75 Å². The van der Waals surface area contributed by atoms with Crippen LogP contribution >= 0.6 is 0 Å². The predicted molar refractivity (Wildman–Crippen MR) is 63.3 cm³/mol. The molecule has 0 heterocycles. The number of hydrogen-bond acceptors (Lipinski definition) is 2. The fourth-order valence-corrected chi connectivity index (χ4v) is 1.42. The van der Waals surface area contributed by atoms with Crippen LogP contribution in [-0.4, -0.2) is 5.97 Å². The van der Waals surface area contributed by atoms with E-state index in [4.69, 9.17) is 4.74 Å². The van der Waals surface area contributed by atoms with E-state index in [1.165, 1.54) is 0 Å². The largest absolute Gasteiger partial charge is 1.00 e. The van der Waals surface area contributed by atoms with E-state index < -0.39 is 0 Å². The normalized spacial score (nSPS) is 9.18. The van der Waals surface area contributed by atoms with E-state index in [2.05, 4.69) is 0 Å². The van der Waals surface area contributed by atoms with E-state index in [0.29, 0.717) is 12.2 Å². The molecule has 17 heavy (non-hydrogen) atoms. The van der Waals surface area contributed by atoms with Gasteiger partial charge in [0, 0.05) is 0 Å². The van der Waals surface area contributed by atoms with Crippen LogP contribution in [0.15, 0.2) is 60.7 Å². The number of para-hydroxylation sites is 1. The van der Waals surface area contributed by atoms with Crippen LogP contribution in [0.5, 0.6) is 5.75 Å². The minimum Gasteiger partial charge on any atom is -1.00 e. The van der Waals surface area contributed by atoms with Gasteiger partial charge in [0.2, 0.25) is 0 Å². The molecule has 0 bridgehead atoms. The first-order valence-electron chi connectivity index (χ1n) is 5.14. The number of carbonyl (C=O) groups is 1. The van der Waals surface area contributed by atoms with Gasteiger partial charge in [0.25, 0.3) is 0 Å². The summed E-state index contributed by atoms with van der Waals surface area (Å²) < 4.78 is 5.18. The molecule has 0 saturated heterocycles. The van der Waals surface area contributed by atoms with Crippen molar-refractivity contribution in [2.45, 2.75) is 6.42 Å². The van der Waals surface area contributed by atoms with Gasteiger partial charge in [-0.25, -0.2) is 0 Å². The molecule has 0 spiro atoms. The van der Waals surface area contributed by atoms with Crippen LogP contribution in [0.4, 0.5) is 0 Å². The molecule has 0 fully saturated rings. The Labute approximate surface area is 114 Å². The number of hydrogen-bond donors (Lipinski definition) is 0. The number of esters is 1. The van der Waals surface area contributed by atoms with Gasteiger partial charge < -0.3 is 6.16 Å². The number of benzene rings is 2. The third-order valence-electron chi connectivity index (χ3n) is 2.17. The van der Waals surface area contributed by atoms with Gasteiger partial charge in [-0.2, -0.15) is 0 Å². The molecule has 3 heteroatoms. The van der Waals surface area contributed by atoms with Crippen molar-refractivity contribution in [2.75, 3.05) is 0 Å². The summed E-state index contributed by atoms with van der Waals surface area (Å²) in [5.74, 6) is 0.348. The summed E-state index contributed by atoms with van der Waals surface area (Å²) in [6.45, 7) is 0. The Kier molecular flexibility index (Phi) is 5.55. The molecule has 2 aromatic carbocycles. The van der Waals surface area contributed by atoms with E-state index in [1.807, 2.05) is 48.5 Å². The Balaban J connectivity index is 0.00000144. The van der Waals surface area contributed by atoms with Crippen LogP contribution < -0.4 is 23.6 Å². The monoisotopic (exact) mass is 220 g/mol. The fourth-order valence-electron chi connectivity index (χ4n) is 1.42. The smallest absolute Gasteiger partial charge is 1.00 e. The van der Waals surface area contributed by atoms with Crippen molar-refractivity contribution in [1.82, 2.24) is 0 Å². The summed E-state index contributed by atoms with van der Waals surface area (Å²) in [6, 6.07) is 18.7. The topological polar surface area (TPSA) is 26.3 Å². The molecule has 0 aromatic heterocycles. The van der Waals surface area contributed by atoms with Crippen LogP contribution in [0, 0.1) is 0 Å². The minimum absolute atomic E-state index is 0. The van der Waals surface area contributed by atoms with Crippen LogP contribution in [0.1, 0.15) is 6.99 Å². The van der Waals surface area contributed by atoms with E-state index >= 15 is 0 Å². The van der Waals surface area contributed by atoms with Crippen molar-refractivity contribution >= 4 is 5.97 Å². The number of ether oxygens (including phenoxy) is 1. The molecule has 2 rings (SSSR count). The summed E-state index contributed by atoms with van der Waals surface area (Å²) in [5, 5.41) is 0. The van der Waals surface area contributed by atoms with Crippen molar-refractivity contribution in [3.8, 4) is 5.75 Å². The molecular formula is C14H13LiO2. The van der Waals surface area contributed by atoms with Gasteiger partial charge in [-0.15, -0.1) is 0 Å². The second-order valence-electron chi connectivity index (χ2n) is 3.45. The Bertz CT molecular complexity index is 416.